The predicted octanol–water partition coefficient (Wildman–Crippen LogP) is 2.59. The lowest BCUT2D eigenvalue weighted by Gasteiger charge is -2.40. The number of hydrogen-bond acceptors (Lipinski definition) is 3. The molecule has 3 atom stereocenters. The first-order chi connectivity index (χ1) is 10.0. The minimum Gasteiger partial charge on any atom is -0.326 e. The number of likely N-dealkylation sites (tertiary alicyclic amines) is 1. The van der Waals surface area contributed by atoms with Crippen molar-refractivity contribution < 1.29 is 4.79 Å². The first kappa shape index (κ1) is 16.0. The summed E-state index contributed by atoms with van der Waals surface area (Å²) in [7, 11) is 0. The van der Waals surface area contributed by atoms with Crippen molar-refractivity contribution in [3.63, 3.8) is 0 Å². The Bertz CT molecular complexity index is 471. The Morgan fingerprint density at radius 2 is 2.00 bits per heavy atom. The standard InChI is InChI=1S/C17H27N3O/c1-12-4-5-13(2)20(11-12)14(3)17(21)19-16-8-6-15(10-18)7-9-16/h6-9,12-14H,4-5,10-11,18H2,1-3H3,(H,19,21). The first-order valence-electron chi connectivity index (χ1n) is 7.87. The maximum atomic E-state index is 12.4. The van der Waals surface area contributed by atoms with E-state index in [0.717, 1.165) is 17.8 Å². The molecular formula is C17H27N3O. The zero-order chi connectivity index (χ0) is 15.4. The normalized spacial score (nSPS) is 24.6. The maximum Gasteiger partial charge on any atom is 0.241 e. The lowest BCUT2D eigenvalue weighted by Crippen LogP contribution is -2.50. The molecule has 1 fully saturated rings. The summed E-state index contributed by atoms with van der Waals surface area (Å²) in [5.41, 5.74) is 7.49. The van der Waals surface area contributed by atoms with Crippen LogP contribution in [0, 0.1) is 5.92 Å². The van der Waals surface area contributed by atoms with E-state index < -0.39 is 0 Å². The fraction of sp³-hybridized carbons (Fsp3) is 0.588. The average Bonchev–Trinajstić information content (AvgIpc) is 2.49. The topological polar surface area (TPSA) is 58.4 Å². The maximum absolute atomic E-state index is 12.4. The number of nitrogens with zero attached hydrogens (tertiary/aromatic N) is 1. The summed E-state index contributed by atoms with van der Waals surface area (Å²) < 4.78 is 0. The number of nitrogens with two attached hydrogens (primary N) is 1. The summed E-state index contributed by atoms with van der Waals surface area (Å²) in [5, 5.41) is 3.00. The largest absolute Gasteiger partial charge is 0.326 e. The molecule has 1 aromatic rings. The van der Waals surface area contributed by atoms with Crippen molar-refractivity contribution in [2.45, 2.75) is 52.2 Å². The summed E-state index contributed by atoms with van der Waals surface area (Å²) in [6.07, 6.45) is 2.43. The Morgan fingerprint density at radius 1 is 1.33 bits per heavy atom. The highest BCUT2D eigenvalue weighted by Crippen LogP contribution is 2.24. The number of benzene rings is 1. The molecule has 116 valence electrons. The van der Waals surface area contributed by atoms with Crippen molar-refractivity contribution in [3.05, 3.63) is 29.8 Å². The molecule has 1 heterocycles. The van der Waals surface area contributed by atoms with Gasteiger partial charge in [0.25, 0.3) is 0 Å². The van der Waals surface area contributed by atoms with Crippen molar-refractivity contribution >= 4 is 11.6 Å². The molecule has 4 nitrogen and oxygen atoms in total. The Balaban J connectivity index is 1.97. The van der Waals surface area contributed by atoms with Crippen LogP contribution in [0.25, 0.3) is 0 Å². The van der Waals surface area contributed by atoms with Gasteiger partial charge in [-0.15, -0.1) is 0 Å². The number of piperidine rings is 1. The average molecular weight is 289 g/mol. The van der Waals surface area contributed by atoms with E-state index in [2.05, 4.69) is 24.1 Å². The van der Waals surface area contributed by atoms with Crippen molar-refractivity contribution in [2.75, 3.05) is 11.9 Å². The van der Waals surface area contributed by atoms with E-state index >= 15 is 0 Å². The monoisotopic (exact) mass is 289 g/mol. The lowest BCUT2D eigenvalue weighted by atomic mass is 9.93. The Hall–Kier alpha value is -1.39. The first-order valence-corrected chi connectivity index (χ1v) is 7.87. The van der Waals surface area contributed by atoms with Crippen LogP contribution in [-0.2, 0) is 11.3 Å². The van der Waals surface area contributed by atoms with Gasteiger partial charge in [0, 0.05) is 24.8 Å². The Kier molecular flexibility index (Phi) is 5.37. The zero-order valence-corrected chi connectivity index (χ0v) is 13.3. The van der Waals surface area contributed by atoms with E-state index in [1.54, 1.807) is 0 Å². The highest BCUT2D eigenvalue weighted by atomic mass is 16.2. The zero-order valence-electron chi connectivity index (χ0n) is 13.3. The third-order valence-corrected chi connectivity index (χ3v) is 4.50. The van der Waals surface area contributed by atoms with Gasteiger partial charge in [-0.25, -0.2) is 0 Å². The Labute approximate surface area is 127 Å². The molecule has 3 N–H and O–H groups in total. The van der Waals surface area contributed by atoms with E-state index in [0.29, 0.717) is 18.5 Å². The number of nitrogens with one attached hydrogen (secondary N) is 1. The molecule has 1 amide bonds. The number of anilines is 1. The number of amides is 1. The Morgan fingerprint density at radius 3 is 2.62 bits per heavy atom. The second kappa shape index (κ2) is 7.05. The van der Waals surface area contributed by atoms with Gasteiger partial charge in [0.05, 0.1) is 6.04 Å². The third kappa shape index (κ3) is 4.05. The molecule has 3 unspecified atom stereocenters. The molecule has 0 saturated carbocycles. The number of carbonyl (C=O) groups excluding carboxylic acids is 1. The fourth-order valence-electron chi connectivity index (χ4n) is 2.98. The SMILES string of the molecule is CC1CCC(C)N(C(C)C(=O)Nc2ccc(CN)cc2)C1. The van der Waals surface area contributed by atoms with Gasteiger partial charge in [-0.05, 0) is 50.3 Å². The van der Waals surface area contributed by atoms with Crippen molar-refractivity contribution in [3.8, 4) is 0 Å². The van der Waals surface area contributed by atoms with Gasteiger partial charge in [0.1, 0.15) is 0 Å². The lowest BCUT2D eigenvalue weighted by molar-refractivity contribution is -0.122. The minimum atomic E-state index is -0.100. The van der Waals surface area contributed by atoms with Crippen LogP contribution in [0.15, 0.2) is 24.3 Å². The number of carbonyl (C=O) groups is 1. The third-order valence-electron chi connectivity index (χ3n) is 4.50. The van der Waals surface area contributed by atoms with Gasteiger partial charge < -0.3 is 11.1 Å². The minimum absolute atomic E-state index is 0.0662. The van der Waals surface area contributed by atoms with Crippen LogP contribution in [0.5, 0.6) is 0 Å². The molecule has 0 aromatic heterocycles. The van der Waals surface area contributed by atoms with Crippen LogP contribution in [-0.4, -0.2) is 29.4 Å². The van der Waals surface area contributed by atoms with Crippen molar-refractivity contribution in [1.82, 2.24) is 4.90 Å². The van der Waals surface area contributed by atoms with Crippen LogP contribution >= 0.6 is 0 Å². The summed E-state index contributed by atoms with van der Waals surface area (Å²) in [6.45, 7) is 7.99. The van der Waals surface area contributed by atoms with E-state index in [1.165, 1.54) is 12.8 Å². The van der Waals surface area contributed by atoms with Gasteiger partial charge in [0.2, 0.25) is 5.91 Å². The summed E-state index contributed by atoms with van der Waals surface area (Å²) in [4.78, 5) is 14.8. The van der Waals surface area contributed by atoms with Crippen LogP contribution < -0.4 is 11.1 Å². The van der Waals surface area contributed by atoms with E-state index in [1.807, 2.05) is 31.2 Å². The van der Waals surface area contributed by atoms with E-state index in [-0.39, 0.29) is 11.9 Å². The smallest absolute Gasteiger partial charge is 0.241 e. The summed E-state index contributed by atoms with van der Waals surface area (Å²) >= 11 is 0. The molecule has 4 heteroatoms. The molecule has 21 heavy (non-hydrogen) atoms. The van der Waals surface area contributed by atoms with Crippen LogP contribution in [0.2, 0.25) is 0 Å². The molecule has 1 aliphatic rings. The van der Waals surface area contributed by atoms with Crippen molar-refractivity contribution in [1.29, 1.82) is 0 Å². The van der Waals surface area contributed by atoms with Gasteiger partial charge in [0.15, 0.2) is 0 Å². The van der Waals surface area contributed by atoms with Gasteiger partial charge in [-0.2, -0.15) is 0 Å². The highest BCUT2D eigenvalue weighted by molar-refractivity contribution is 5.94. The van der Waals surface area contributed by atoms with Crippen LogP contribution in [0.4, 0.5) is 5.69 Å². The van der Waals surface area contributed by atoms with Gasteiger partial charge >= 0.3 is 0 Å². The highest BCUT2D eigenvalue weighted by Gasteiger charge is 2.30. The molecule has 0 bridgehead atoms. The molecule has 1 aliphatic heterocycles. The molecule has 0 radical (unpaired) electrons. The van der Waals surface area contributed by atoms with E-state index in [4.69, 9.17) is 5.73 Å². The fourth-order valence-corrected chi connectivity index (χ4v) is 2.98. The second-order valence-electron chi connectivity index (χ2n) is 6.29. The molecule has 1 saturated heterocycles. The molecular weight excluding hydrogens is 262 g/mol. The summed E-state index contributed by atoms with van der Waals surface area (Å²) in [5.74, 6) is 0.733. The van der Waals surface area contributed by atoms with Gasteiger partial charge in [-0.3, -0.25) is 9.69 Å². The molecule has 2 rings (SSSR count). The number of rotatable bonds is 4. The summed E-state index contributed by atoms with van der Waals surface area (Å²) in [6, 6.07) is 8.10. The molecule has 0 spiro atoms. The number of hydrogen-bond donors (Lipinski definition) is 2. The van der Waals surface area contributed by atoms with E-state index in [9.17, 15) is 4.79 Å². The predicted molar refractivity (Wildman–Crippen MR) is 87.0 cm³/mol. The van der Waals surface area contributed by atoms with Gasteiger partial charge in [-0.1, -0.05) is 19.1 Å². The van der Waals surface area contributed by atoms with Crippen molar-refractivity contribution in [2.24, 2.45) is 11.7 Å². The quantitative estimate of drug-likeness (QED) is 0.895. The van der Waals surface area contributed by atoms with Crippen LogP contribution in [0.1, 0.15) is 39.2 Å². The molecule has 0 aliphatic carbocycles. The van der Waals surface area contributed by atoms with Crippen LogP contribution in [0.3, 0.4) is 0 Å². The second-order valence-corrected chi connectivity index (χ2v) is 6.29. The molecule has 1 aromatic carbocycles.